The third-order valence-electron chi connectivity index (χ3n) is 10.3. The summed E-state index contributed by atoms with van der Waals surface area (Å²) in [6, 6.07) is 11.2. The Kier molecular flexibility index (Phi) is 11.2. The fourth-order valence-electron chi connectivity index (χ4n) is 7.49. The molecule has 6 rings (SSSR count). The van der Waals surface area contributed by atoms with E-state index < -0.39 is 29.0 Å². The van der Waals surface area contributed by atoms with Crippen molar-refractivity contribution in [2.45, 2.75) is 69.3 Å². The van der Waals surface area contributed by atoms with Gasteiger partial charge in [-0.25, -0.2) is 9.59 Å². The molecular weight excluding hydrogens is 661 g/mol. The summed E-state index contributed by atoms with van der Waals surface area (Å²) in [7, 11) is 0. The molecule has 4 aliphatic heterocycles. The van der Waals surface area contributed by atoms with Crippen molar-refractivity contribution in [3.63, 3.8) is 0 Å². The van der Waals surface area contributed by atoms with E-state index in [4.69, 9.17) is 16.3 Å². The maximum atomic E-state index is 13.9. The van der Waals surface area contributed by atoms with Crippen LogP contribution in [0, 0.1) is 0 Å². The summed E-state index contributed by atoms with van der Waals surface area (Å²) in [5.74, 6) is -0.365. The predicted molar refractivity (Wildman–Crippen MR) is 180 cm³/mol. The normalized spacial score (nSPS) is 21.0. The van der Waals surface area contributed by atoms with Gasteiger partial charge in [-0.05, 0) is 80.9 Å². The predicted octanol–water partition coefficient (Wildman–Crippen LogP) is 5.25. The van der Waals surface area contributed by atoms with Gasteiger partial charge in [0.25, 0.3) is 5.91 Å². The number of anilines is 1. The molecule has 266 valence electrons. The van der Waals surface area contributed by atoms with Gasteiger partial charge in [0, 0.05) is 70.0 Å². The molecule has 0 aliphatic carbocycles. The van der Waals surface area contributed by atoms with Crippen LogP contribution >= 0.6 is 11.6 Å². The van der Waals surface area contributed by atoms with Gasteiger partial charge in [-0.1, -0.05) is 35.9 Å². The number of carbonyl (C=O) groups excluding carboxylic acids is 3. The van der Waals surface area contributed by atoms with Crippen LogP contribution in [0.5, 0.6) is 0 Å². The van der Waals surface area contributed by atoms with Gasteiger partial charge in [-0.3, -0.25) is 9.69 Å². The molecule has 0 unspecified atom stereocenters. The Morgan fingerprint density at radius 3 is 2.35 bits per heavy atom. The van der Waals surface area contributed by atoms with Crippen LogP contribution in [-0.2, 0) is 28.5 Å². The zero-order chi connectivity index (χ0) is 34.5. The Balaban J connectivity index is 1.10. The van der Waals surface area contributed by atoms with E-state index >= 15 is 0 Å². The molecular formula is C35H44ClF3N6O4. The average Bonchev–Trinajstić information content (AvgIpc) is 3.46. The first-order valence-electron chi connectivity index (χ1n) is 17.3. The summed E-state index contributed by atoms with van der Waals surface area (Å²) < 4.78 is 46.0. The summed E-state index contributed by atoms with van der Waals surface area (Å²) in [6.07, 6.45) is -2.13. The number of piperidine rings is 2. The topological polar surface area (TPSA) is 97.5 Å². The van der Waals surface area contributed by atoms with Crippen LogP contribution in [0.3, 0.4) is 0 Å². The fourth-order valence-corrected chi connectivity index (χ4v) is 7.80. The van der Waals surface area contributed by atoms with Crippen molar-refractivity contribution in [2.24, 2.45) is 0 Å². The summed E-state index contributed by atoms with van der Waals surface area (Å²) in [5, 5.41) is 5.94. The van der Waals surface area contributed by atoms with Crippen LogP contribution in [0.25, 0.3) is 0 Å². The van der Waals surface area contributed by atoms with Crippen molar-refractivity contribution in [3.8, 4) is 0 Å². The van der Waals surface area contributed by atoms with Gasteiger partial charge in [0.1, 0.15) is 0 Å². The number of fused-ring (bicyclic) bond motifs is 1. The van der Waals surface area contributed by atoms with Crippen LogP contribution in [0.15, 0.2) is 42.5 Å². The maximum absolute atomic E-state index is 13.9. The first kappa shape index (κ1) is 35.3. The summed E-state index contributed by atoms with van der Waals surface area (Å²) in [5.41, 5.74) is 1.29. The second-order valence-corrected chi connectivity index (χ2v) is 13.7. The minimum absolute atomic E-state index is 0.0636. The number of halogens is 4. The Morgan fingerprint density at radius 1 is 0.898 bits per heavy atom. The number of ether oxygens (including phenoxy) is 1. The van der Waals surface area contributed by atoms with Crippen LogP contribution in [0.4, 0.5) is 28.4 Å². The van der Waals surface area contributed by atoms with Gasteiger partial charge >= 0.3 is 18.3 Å². The van der Waals surface area contributed by atoms with E-state index in [0.717, 1.165) is 69.2 Å². The highest BCUT2D eigenvalue weighted by atomic mass is 35.5. The summed E-state index contributed by atoms with van der Waals surface area (Å²) in [6.45, 7) is 6.14. The number of para-hydroxylation sites is 1. The molecule has 49 heavy (non-hydrogen) atoms. The van der Waals surface area contributed by atoms with E-state index in [9.17, 15) is 27.6 Å². The van der Waals surface area contributed by atoms with Gasteiger partial charge in [0.05, 0.1) is 10.6 Å². The van der Waals surface area contributed by atoms with E-state index in [1.165, 1.54) is 12.1 Å². The molecule has 1 atom stereocenters. The van der Waals surface area contributed by atoms with Crippen molar-refractivity contribution in [3.05, 3.63) is 64.2 Å². The second-order valence-electron chi connectivity index (χ2n) is 13.3. The van der Waals surface area contributed by atoms with E-state index in [0.29, 0.717) is 57.2 Å². The van der Waals surface area contributed by atoms with E-state index in [-0.39, 0.29) is 24.4 Å². The Bertz CT molecular complexity index is 1490. The summed E-state index contributed by atoms with van der Waals surface area (Å²) >= 11 is 6.01. The molecule has 4 amide bonds. The lowest BCUT2D eigenvalue weighted by Crippen LogP contribution is -2.52. The molecule has 3 saturated heterocycles. The molecule has 14 heteroatoms. The minimum Gasteiger partial charge on any atom is -0.436 e. The zero-order valence-electron chi connectivity index (χ0n) is 27.5. The van der Waals surface area contributed by atoms with Crippen LogP contribution < -0.4 is 10.6 Å². The van der Waals surface area contributed by atoms with Crippen molar-refractivity contribution in [1.29, 1.82) is 0 Å². The molecule has 3 fully saturated rings. The molecule has 4 aliphatic rings. The van der Waals surface area contributed by atoms with Gasteiger partial charge in [-0.15, -0.1) is 0 Å². The quantitative estimate of drug-likeness (QED) is 0.427. The number of carbonyl (C=O) groups is 3. The number of benzene rings is 2. The molecule has 0 bridgehead atoms. The highest BCUT2D eigenvalue weighted by Crippen LogP contribution is 2.35. The van der Waals surface area contributed by atoms with E-state index in [1.807, 2.05) is 29.2 Å². The van der Waals surface area contributed by atoms with Crippen molar-refractivity contribution in [1.82, 2.24) is 24.9 Å². The number of hydrogen-bond acceptors (Lipinski definition) is 6. The zero-order valence-corrected chi connectivity index (χ0v) is 28.3. The summed E-state index contributed by atoms with van der Waals surface area (Å²) in [4.78, 5) is 48.1. The van der Waals surface area contributed by atoms with Gasteiger partial charge in [0.2, 0.25) is 0 Å². The van der Waals surface area contributed by atoms with Gasteiger partial charge < -0.3 is 30.1 Å². The molecule has 2 aromatic carbocycles. The lowest BCUT2D eigenvalue weighted by Gasteiger charge is -2.40. The van der Waals surface area contributed by atoms with Gasteiger partial charge in [0.15, 0.2) is 6.10 Å². The molecule has 0 aromatic heterocycles. The van der Waals surface area contributed by atoms with Crippen LogP contribution in [0.2, 0.25) is 5.02 Å². The number of urea groups is 1. The van der Waals surface area contributed by atoms with Crippen molar-refractivity contribution in [2.75, 3.05) is 64.2 Å². The van der Waals surface area contributed by atoms with Crippen LogP contribution in [-0.4, -0.2) is 115 Å². The van der Waals surface area contributed by atoms with E-state index in [2.05, 4.69) is 15.5 Å². The molecule has 0 saturated carbocycles. The number of nitrogens with one attached hydrogen (secondary N) is 2. The molecule has 4 heterocycles. The first-order valence-corrected chi connectivity index (χ1v) is 17.6. The van der Waals surface area contributed by atoms with Crippen molar-refractivity contribution >= 4 is 35.3 Å². The second kappa shape index (κ2) is 15.6. The number of likely N-dealkylation sites (tertiary alicyclic amines) is 2. The highest BCUT2D eigenvalue weighted by Gasteiger charge is 2.37. The monoisotopic (exact) mass is 704 g/mol. The minimum atomic E-state index is -4.62. The Morgan fingerprint density at radius 2 is 1.61 bits per heavy atom. The third kappa shape index (κ3) is 8.61. The molecule has 2 N–H and O–H groups in total. The molecule has 10 nitrogen and oxygen atoms in total. The number of alkyl halides is 3. The average molecular weight is 705 g/mol. The van der Waals surface area contributed by atoms with E-state index in [1.54, 1.807) is 9.80 Å². The lowest BCUT2D eigenvalue weighted by atomic mass is 10.0. The largest absolute Gasteiger partial charge is 0.436 e. The van der Waals surface area contributed by atoms with Crippen molar-refractivity contribution < 1.29 is 32.3 Å². The smallest absolute Gasteiger partial charge is 0.417 e. The third-order valence-corrected chi connectivity index (χ3v) is 10.6. The lowest BCUT2D eigenvalue weighted by molar-refractivity contribution is -0.142. The van der Waals surface area contributed by atoms with Crippen LogP contribution in [0.1, 0.15) is 48.8 Å². The van der Waals surface area contributed by atoms with Gasteiger partial charge in [-0.2, -0.15) is 13.2 Å². The number of amides is 4. The number of hydrogen-bond donors (Lipinski definition) is 2. The highest BCUT2D eigenvalue weighted by molar-refractivity contribution is 6.31. The standard InChI is InChI=1S/C35H44ClF3N6O4/c36-29-22-24(6-7-28(29)35(37,38)39)23-31(32(46)43-16-9-26(10-17-43)42-15-3-13-40-14-21-42)49-34(48)44-18-11-27(12-19-44)45-20-8-25-4-1-2-5-30(25)41-33(45)47/h1-2,4-7,22,26-27,31,40H,3,8-21,23H2,(H,41,47)/t31-/m1/s1. The number of rotatable bonds is 6. The Labute approximate surface area is 289 Å². The SMILES string of the molecule is O=C(O[C@H](Cc1ccc(C(F)(F)F)c(Cl)c1)C(=O)N1CCC(N2CCCNCC2)CC1)N1CCC(N2CCc3ccccc3NC2=O)CC1. The number of nitrogens with zero attached hydrogens (tertiary/aromatic N) is 4. The molecule has 0 spiro atoms. The fraction of sp³-hybridized carbons (Fsp3) is 0.571. The molecule has 2 aromatic rings. The maximum Gasteiger partial charge on any atom is 0.417 e. The Hall–Kier alpha value is -3.55. The first-order chi connectivity index (χ1) is 23.6. The molecule has 0 radical (unpaired) electrons.